The van der Waals surface area contributed by atoms with Gasteiger partial charge in [0.1, 0.15) is 14.4 Å². The third-order valence-corrected chi connectivity index (χ3v) is 9.71. The molecule has 41 heavy (non-hydrogen) atoms. The van der Waals surface area contributed by atoms with Crippen LogP contribution in [0.4, 0.5) is 5.82 Å². The second-order valence-electron chi connectivity index (χ2n) is 9.96. The summed E-state index contributed by atoms with van der Waals surface area (Å²) in [6.45, 7) is 5.23. The molecule has 12 heteroatoms. The van der Waals surface area contributed by atoms with Crippen LogP contribution < -0.4 is 4.90 Å². The first-order valence-electron chi connectivity index (χ1n) is 13.1. The summed E-state index contributed by atoms with van der Waals surface area (Å²) in [5.74, 6) is -1.74. The monoisotopic (exact) mass is 573 g/mol. The fraction of sp³-hybridized carbons (Fsp3) is 0.276. The molecule has 11 nitrogen and oxygen atoms in total. The number of carbonyl (C=O) groups is 4. The summed E-state index contributed by atoms with van der Waals surface area (Å²) in [6.07, 6.45) is 4.05. The van der Waals surface area contributed by atoms with Crippen molar-refractivity contribution in [2.45, 2.75) is 39.4 Å². The molecule has 0 atom stereocenters. The summed E-state index contributed by atoms with van der Waals surface area (Å²) in [5.41, 5.74) is 1.42. The predicted octanol–water partition coefficient (Wildman–Crippen LogP) is 3.99. The Bertz CT molecular complexity index is 1470. The SMILES string of the molecule is CC(=O)OC[Si](C)(CCCn1cnc2c(N(C(=O)c3ccccc3)C(=O)c3ccccc3)ncnc21)COC(C)=O. The maximum atomic E-state index is 13.7. The number of nitrogens with zero attached hydrogens (tertiary/aromatic N) is 5. The van der Waals surface area contributed by atoms with Gasteiger partial charge in [-0.25, -0.2) is 19.9 Å². The van der Waals surface area contributed by atoms with Gasteiger partial charge < -0.3 is 14.0 Å². The minimum atomic E-state index is -2.26. The van der Waals surface area contributed by atoms with Gasteiger partial charge in [0.2, 0.25) is 0 Å². The molecule has 212 valence electrons. The molecule has 4 aromatic rings. The maximum absolute atomic E-state index is 13.7. The number of hydrogen-bond acceptors (Lipinski definition) is 9. The van der Waals surface area contributed by atoms with Crippen LogP contribution in [0.1, 0.15) is 41.0 Å². The Morgan fingerprint density at radius 2 is 1.34 bits per heavy atom. The molecule has 0 aliphatic carbocycles. The summed E-state index contributed by atoms with van der Waals surface area (Å²) in [6, 6.07) is 17.7. The largest absolute Gasteiger partial charge is 0.469 e. The van der Waals surface area contributed by atoms with Gasteiger partial charge in [0.15, 0.2) is 17.0 Å². The zero-order chi connectivity index (χ0) is 29.4. The molecule has 0 saturated heterocycles. The third-order valence-electron chi connectivity index (χ3n) is 6.47. The number of rotatable bonds is 11. The lowest BCUT2D eigenvalue weighted by Crippen LogP contribution is -2.43. The lowest BCUT2D eigenvalue weighted by Gasteiger charge is -2.26. The number of carbonyl (C=O) groups excluding carboxylic acids is 4. The van der Waals surface area contributed by atoms with Gasteiger partial charge in [-0.1, -0.05) is 42.9 Å². The summed E-state index contributed by atoms with van der Waals surface area (Å²) >= 11 is 0. The van der Waals surface area contributed by atoms with E-state index >= 15 is 0 Å². The number of benzene rings is 2. The minimum absolute atomic E-state index is 0.0837. The molecule has 0 saturated carbocycles. The molecule has 2 aromatic carbocycles. The number of imidazole rings is 1. The highest BCUT2D eigenvalue weighted by molar-refractivity contribution is 6.78. The van der Waals surface area contributed by atoms with E-state index in [0.717, 1.165) is 4.90 Å². The van der Waals surface area contributed by atoms with Crippen molar-refractivity contribution >= 4 is 48.8 Å². The van der Waals surface area contributed by atoms with E-state index in [1.54, 1.807) is 67.0 Å². The standard InChI is InChI=1S/C29H31N5O6Si/c1-21(35)39-19-41(3,20-40-22(2)36)16-10-15-33-18-32-25-26(33)30-17-31-27(25)34(28(37)23-11-6-4-7-12-23)29(38)24-13-8-5-9-14-24/h4-9,11-14,17-18H,10,15-16,19-20H2,1-3H3. The molecular weight excluding hydrogens is 542 g/mol. The number of fused-ring (bicyclic) bond motifs is 1. The number of aromatic nitrogens is 4. The van der Waals surface area contributed by atoms with Gasteiger partial charge in [-0.3, -0.25) is 19.2 Å². The molecular formula is C29H31N5O6Si. The van der Waals surface area contributed by atoms with Crippen molar-refractivity contribution in [1.29, 1.82) is 0 Å². The molecule has 0 unspecified atom stereocenters. The fourth-order valence-electron chi connectivity index (χ4n) is 4.31. The summed E-state index contributed by atoms with van der Waals surface area (Å²) in [5, 5.41) is 0. The lowest BCUT2D eigenvalue weighted by molar-refractivity contribution is -0.139. The van der Waals surface area contributed by atoms with Gasteiger partial charge in [-0.15, -0.1) is 0 Å². The zero-order valence-corrected chi connectivity index (χ0v) is 24.1. The van der Waals surface area contributed by atoms with E-state index in [-0.39, 0.29) is 30.2 Å². The molecule has 0 N–H and O–H groups in total. The van der Waals surface area contributed by atoms with E-state index in [1.165, 1.54) is 20.2 Å². The Morgan fingerprint density at radius 1 is 0.805 bits per heavy atom. The number of anilines is 1. The van der Waals surface area contributed by atoms with Crippen LogP contribution >= 0.6 is 0 Å². The highest BCUT2D eigenvalue weighted by Gasteiger charge is 2.32. The molecule has 2 heterocycles. The molecule has 0 fully saturated rings. The highest BCUT2D eigenvalue weighted by atomic mass is 28.3. The minimum Gasteiger partial charge on any atom is -0.469 e. The Hall–Kier alpha value is -4.71. The number of ether oxygens (including phenoxy) is 2. The Kier molecular flexibility index (Phi) is 9.35. The van der Waals surface area contributed by atoms with E-state index in [2.05, 4.69) is 15.0 Å². The Labute approximate surface area is 238 Å². The number of esters is 2. The van der Waals surface area contributed by atoms with Crippen LogP contribution in [0.2, 0.25) is 12.6 Å². The second kappa shape index (κ2) is 13.1. The van der Waals surface area contributed by atoms with Crippen LogP contribution in [-0.2, 0) is 25.6 Å². The first-order valence-corrected chi connectivity index (χ1v) is 16.2. The predicted molar refractivity (Wildman–Crippen MR) is 154 cm³/mol. The van der Waals surface area contributed by atoms with E-state index in [0.29, 0.717) is 41.3 Å². The van der Waals surface area contributed by atoms with E-state index < -0.39 is 19.9 Å². The average molecular weight is 574 g/mol. The van der Waals surface area contributed by atoms with Crippen molar-refractivity contribution in [3.8, 4) is 0 Å². The van der Waals surface area contributed by atoms with Gasteiger partial charge >= 0.3 is 11.9 Å². The van der Waals surface area contributed by atoms with Crippen LogP contribution in [-0.4, -0.2) is 63.8 Å². The van der Waals surface area contributed by atoms with Gasteiger partial charge in [-0.2, -0.15) is 0 Å². The van der Waals surface area contributed by atoms with E-state index in [4.69, 9.17) is 9.47 Å². The fourth-order valence-corrected chi connectivity index (χ4v) is 6.80. The van der Waals surface area contributed by atoms with Crippen molar-refractivity contribution in [2.24, 2.45) is 0 Å². The molecule has 0 spiro atoms. The van der Waals surface area contributed by atoms with Gasteiger partial charge in [-0.05, 0) is 36.7 Å². The number of amides is 2. The third kappa shape index (κ3) is 7.28. The van der Waals surface area contributed by atoms with Crippen LogP contribution in [0.5, 0.6) is 0 Å². The topological polar surface area (TPSA) is 134 Å². The van der Waals surface area contributed by atoms with E-state index in [1.807, 2.05) is 11.1 Å². The van der Waals surface area contributed by atoms with Crippen LogP contribution in [0.25, 0.3) is 11.2 Å². The molecule has 0 aliphatic rings. The molecule has 0 bridgehead atoms. The molecule has 0 radical (unpaired) electrons. The quantitative estimate of drug-likeness (QED) is 0.148. The molecule has 0 aliphatic heterocycles. The summed E-state index contributed by atoms with van der Waals surface area (Å²) < 4.78 is 12.4. The van der Waals surface area contributed by atoms with Crippen molar-refractivity contribution in [3.63, 3.8) is 0 Å². The van der Waals surface area contributed by atoms with Crippen LogP contribution in [0.3, 0.4) is 0 Å². The molecule has 4 rings (SSSR count). The van der Waals surface area contributed by atoms with E-state index in [9.17, 15) is 19.2 Å². The smallest absolute Gasteiger partial charge is 0.302 e. The Morgan fingerprint density at radius 3 is 1.85 bits per heavy atom. The Balaban J connectivity index is 1.62. The molecule has 2 amide bonds. The highest BCUT2D eigenvalue weighted by Crippen LogP contribution is 2.26. The maximum Gasteiger partial charge on any atom is 0.302 e. The number of imide groups is 1. The number of hydrogen-bond donors (Lipinski definition) is 0. The van der Waals surface area contributed by atoms with Crippen molar-refractivity contribution < 1.29 is 28.7 Å². The van der Waals surface area contributed by atoms with Gasteiger partial charge in [0.05, 0.1) is 18.8 Å². The van der Waals surface area contributed by atoms with Gasteiger partial charge in [0.25, 0.3) is 11.8 Å². The van der Waals surface area contributed by atoms with Gasteiger partial charge in [0, 0.05) is 31.5 Å². The lowest BCUT2D eigenvalue weighted by atomic mass is 10.1. The van der Waals surface area contributed by atoms with Crippen molar-refractivity contribution in [2.75, 3.05) is 17.4 Å². The first kappa shape index (κ1) is 29.3. The molecule has 2 aromatic heterocycles. The summed E-state index contributed by atoms with van der Waals surface area (Å²) in [4.78, 5) is 64.4. The first-order chi connectivity index (χ1) is 19.7. The average Bonchev–Trinajstić information content (AvgIpc) is 3.40. The zero-order valence-electron chi connectivity index (χ0n) is 23.1. The second-order valence-corrected chi connectivity index (χ2v) is 14.7. The number of aryl methyl sites for hydroxylation is 1. The van der Waals surface area contributed by atoms with Crippen molar-refractivity contribution in [3.05, 3.63) is 84.4 Å². The van der Waals surface area contributed by atoms with Crippen LogP contribution in [0.15, 0.2) is 73.3 Å². The van der Waals surface area contributed by atoms with Crippen molar-refractivity contribution in [1.82, 2.24) is 19.5 Å². The summed E-state index contributed by atoms with van der Waals surface area (Å²) in [7, 11) is -2.26. The normalized spacial score (nSPS) is 11.2. The van der Waals surface area contributed by atoms with Crippen LogP contribution in [0, 0.1) is 0 Å².